The number of carbonyl (C=O) groups is 2. The van der Waals surface area contributed by atoms with Crippen molar-refractivity contribution >= 4 is 29.1 Å². The van der Waals surface area contributed by atoms with Crippen LogP contribution in [-0.2, 0) is 10.5 Å². The number of hydrogen-bond donors (Lipinski definition) is 1. The van der Waals surface area contributed by atoms with Gasteiger partial charge in [0.2, 0.25) is 11.7 Å². The van der Waals surface area contributed by atoms with Gasteiger partial charge in [-0.2, -0.15) is 10.4 Å². The lowest BCUT2D eigenvalue weighted by molar-refractivity contribution is -0.117. The van der Waals surface area contributed by atoms with Crippen molar-refractivity contribution < 1.29 is 9.59 Å². The third kappa shape index (κ3) is 3.81. The summed E-state index contributed by atoms with van der Waals surface area (Å²) in [4.78, 5) is 27.0. The third-order valence-electron chi connectivity index (χ3n) is 5.42. The second kappa shape index (κ2) is 8.77. The number of ketones is 1. The van der Waals surface area contributed by atoms with Crippen molar-refractivity contribution in [1.29, 1.82) is 5.26 Å². The maximum Gasteiger partial charge on any atom is 0.249 e. The van der Waals surface area contributed by atoms with Gasteiger partial charge in [-0.15, -0.1) is 11.8 Å². The zero-order valence-electron chi connectivity index (χ0n) is 17.4. The van der Waals surface area contributed by atoms with E-state index in [4.69, 9.17) is 0 Å². The summed E-state index contributed by atoms with van der Waals surface area (Å²) in [6.07, 6.45) is 0. The van der Waals surface area contributed by atoms with Crippen LogP contribution in [0, 0.1) is 17.2 Å². The highest BCUT2D eigenvalue weighted by atomic mass is 32.2. The number of nitrogens with zero attached hydrogens (tertiary/aromatic N) is 3. The average Bonchev–Trinajstić information content (AvgIpc) is 3.26. The number of nitriles is 1. The second-order valence-electron chi connectivity index (χ2n) is 7.50. The molecular formula is C26H18N4O2S. The number of thioether (sulfide) groups is 1. The van der Waals surface area contributed by atoms with E-state index >= 15 is 0 Å². The van der Waals surface area contributed by atoms with Gasteiger partial charge in [-0.25, -0.2) is 4.68 Å². The van der Waals surface area contributed by atoms with Crippen LogP contribution in [0.4, 0.5) is 5.69 Å². The first-order chi connectivity index (χ1) is 16.2. The Morgan fingerprint density at radius 1 is 0.970 bits per heavy atom. The van der Waals surface area contributed by atoms with Crippen molar-refractivity contribution in [2.45, 2.75) is 10.6 Å². The molecule has 2 heterocycles. The first-order valence-corrected chi connectivity index (χ1v) is 11.3. The number of Topliss-reactive ketones (excluding diaryl/α,β-unsaturated/α-hetero) is 1. The van der Waals surface area contributed by atoms with Gasteiger partial charge in [0.05, 0.1) is 22.3 Å². The first-order valence-electron chi connectivity index (χ1n) is 10.4. The predicted molar refractivity (Wildman–Crippen MR) is 127 cm³/mol. The monoisotopic (exact) mass is 450 g/mol. The number of hydrogen-bond acceptors (Lipinski definition) is 5. The molecule has 5 rings (SSSR count). The summed E-state index contributed by atoms with van der Waals surface area (Å²) in [6.45, 7) is 0. The molecule has 1 N–H and O–H groups in total. The first kappa shape index (κ1) is 20.7. The SMILES string of the molecule is N#CC(C(=O)Nc1ccccc1)C(=O)c1nn(-c2ccccc2)c2c1SCc1ccccc1-2. The standard InChI is InChI=1S/C26H18N4O2S/c27-15-21(26(32)28-18-10-3-1-4-11-18)24(31)22-25-23(20-14-8-7-9-17(20)16-33-25)30(29-22)19-12-5-2-6-13-19/h1-14,21H,16H2,(H,28,32). The quantitative estimate of drug-likeness (QED) is 0.337. The molecule has 1 atom stereocenters. The van der Waals surface area contributed by atoms with Crippen LogP contribution in [-0.4, -0.2) is 21.5 Å². The lowest BCUT2D eigenvalue weighted by Gasteiger charge is -2.18. The second-order valence-corrected chi connectivity index (χ2v) is 8.49. The van der Waals surface area contributed by atoms with Gasteiger partial charge >= 0.3 is 0 Å². The smallest absolute Gasteiger partial charge is 0.249 e. The molecule has 0 fully saturated rings. The van der Waals surface area contributed by atoms with E-state index in [1.54, 1.807) is 28.9 Å². The topological polar surface area (TPSA) is 87.8 Å². The molecule has 1 aliphatic heterocycles. The summed E-state index contributed by atoms with van der Waals surface area (Å²) in [5.41, 5.74) is 4.40. The third-order valence-corrected chi connectivity index (χ3v) is 6.55. The number of anilines is 1. The molecule has 160 valence electrons. The molecule has 1 amide bonds. The minimum atomic E-state index is -1.51. The zero-order valence-corrected chi connectivity index (χ0v) is 18.3. The molecule has 1 aliphatic rings. The minimum Gasteiger partial charge on any atom is -0.325 e. The number of rotatable bonds is 5. The van der Waals surface area contributed by atoms with E-state index in [0.717, 1.165) is 22.5 Å². The van der Waals surface area contributed by atoms with Crippen molar-refractivity contribution in [1.82, 2.24) is 9.78 Å². The van der Waals surface area contributed by atoms with E-state index in [9.17, 15) is 14.9 Å². The molecule has 0 aliphatic carbocycles. The minimum absolute atomic E-state index is 0.142. The van der Waals surface area contributed by atoms with E-state index in [2.05, 4.69) is 16.5 Å². The number of fused-ring (bicyclic) bond motifs is 3. The Labute approximate surface area is 194 Å². The van der Waals surface area contributed by atoms with Crippen molar-refractivity contribution in [3.8, 4) is 23.0 Å². The molecule has 1 aromatic heterocycles. The Balaban J connectivity index is 1.59. The van der Waals surface area contributed by atoms with Crippen molar-refractivity contribution in [3.05, 3.63) is 96.2 Å². The van der Waals surface area contributed by atoms with Crippen molar-refractivity contribution in [2.24, 2.45) is 5.92 Å². The van der Waals surface area contributed by atoms with Crippen LogP contribution >= 0.6 is 11.8 Å². The van der Waals surface area contributed by atoms with Gasteiger partial charge in [-0.05, 0) is 29.8 Å². The molecule has 33 heavy (non-hydrogen) atoms. The summed E-state index contributed by atoms with van der Waals surface area (Å²) in [6, 6.07) is 28.2. The lowest BCUT2D eigenvalue weighted by Crippen LogP contribution is -2.29. The largest absolute Gasteiger partial charge is 0.325 e. The van der Waals surface area contributed by atoms with Crippen LogP contribution in [0.3, 0.4) is 0 Å². The van der Waals surface area contributed by atoms with Gasteiger partial charge in [-0.3, -0.25) is 9.59 Å². The van der Waals surface area contributed by atoms with Crippen LogP contribution in [0.2, 0.25) is 0 Å². The van der Waals surface area contributed by atoms with Crippen LogP contribution in [0.15, 0.2) is 89.8 Å². The van der Waals surface area contributed by atoms with E-state index in [-0.39, 0.29) is 5.69 Å². The average molecular weight is 451 g/mol. The van der Waals surface area contributed by atoms with Gasteiger partial charge in [0.25, 0.3) is 0 Å². The maximum absolute atomic E-state index is 13.5. The number of aromatic nitrogens is 2. The van der Waals surface area contributed by atoms with E-state index in [1.807, 2.05) is 60.7 Å². The molecule has 0 radical (unpaired) electrons. The van der Waals surface area contributed by atoms with Gasteiger partial charge < -0.3 is 5.32 Å². The summed E-state index contributed by atoms with van der Waals surface area (Å²) >= 11 is 1.50. The molecule has 3 aromatic carbocycles. The molecule has 4 aromatic rings. The van der Waals surface area contributed by atoms with Crippen LogP contribution < -0.4 is 5.32 Å². The Hall–Kier alpha value is -4.15. The van der Waals surface area contributed by atoms with Gasteiger partial charge in [-0.1, -0.05) is 60.7 Å². The molecule has 7 heteroatoms. The van der Waals surface area contributed by atoms with Crippen LogP contribution in [0.5, 0.6) is 0 Å². The Morgan fingerprint density at radius 2 is 1.64 bits per heavy atom. The zero-order chi connectivity index (χ0) is 22.8. The summed E-state index contributed by atoms with van der Waals surface area (Å²) in [5.74, 6) is -2.11. The number of nitrogens with one attached hydrogen (secondary N) is 1. The molecule has 1 unspecified atom stereocenters. The number of para-hydroxylation sites is 2. The van der Waals surface area contributed by atoms with E-state index in [1.165, 1.54) is 11.8 Å². The Morgan fingerprint density at radius 3 is 2.36 bits per heavy atom. The number of amides is 1. The van der Waals surface area contributed by atoms with Crippen molar-refractivity contribution in [3.63, 3.8) is 0 Å². The van der Waals surface area contributed by atoms with Crippen LogP contribution in [0.25, 0.3) is 16.9 Å². The van der Waals surface area contributed by atoms with Crippen LogP contribution in [0.1, 0.15) is 16.1 Å². The fourth-order valence-electron chi connectivity index (χ4n) is 3.83. The highest BCUT2D eigenvalue weighted by molar-refractivity contribution is 7.98. The van der Waals surface area contributed by atoms with E-state index < -0.39 is 17.6 Å². The van der Waals surface area contributed by atoms with Gasteiger partial charge in [0.15, 0.2) is 5.92 Å². The highest BCUT2D eigenvalue weighted by Crippen LogP contribution is 2.44. The Kier molecular flexibility index (Phi) is 5.51. The fourth-order valence-corrected chi connectivity index (χ4v) is 4.99. The normalized spacial score (nSPS) is 12.7. The molecular weight excluding hydrogens is 432 g/mol. The predicted octanol–water partition coefficient (Wildman–Crippen LogP) is 5.11. The summed E-state index contributed by atoms with van der Waals surface area (Å²) in [5, 5.41) is 17.0. The highest BCUT2D eigenvalue weighted by Gasteiger charge is 2.35. The van der Waals surface area contributed by atoms with Crippen molar-refractivity contribution in [2.75, 3.05) is 5.32 Å². The molecule has 0 spiro atoms. The maximum atomic E-state index is 13.5. The molecule has 0 bridgehead atoms. The fraction of sp³-hybridized carbons (Fsp3) is 0.0769. The summed E-state index contributed by atoms with van der Waals surface area (Å²) in [7, 11) is 0. The number of benzene rings is 3. The van der Waals surface area contributed by atoms with E-state index in [0.29, 0.717) is 16.3 Å². The molecule has 6 nitrogen and oxygen atoms in total. The lowest BCUT2D eigenvalue weighted by atomic mass is 10.00. The summed E-state index contributed by atoms with van der Waals surface area (Å²) < 4.78 is 1.73. The number of carbonyl (C=O) groups excluding carboxylic acids is 2. The molecule has 0 saturated heterocycles. The van der Waals surface area contributed by atoms with Gasteiger partial charge in [0.1, 0.15) is 5.69 Å². The van der Waals surface area contributed by atoms with Gasteiger partial charge in [0, 0.05) is 17.0 Å². The Bertz CT molecular complexity index is 1390. The molecule has 0 saturated carbocycles.